The Morgan fingerprint density at radius 2 is 1.76 bits per heavy atom. The van der Waals surface area contributed by atoms with Crippen LogP contribution in [0.25, 0.3) is 16.8 Å². The molecule has 5 rings (SSSR count). The molecule has 2 aromatic heterocycles. The average molecular weight is 465 g/mol. The first-order valence-electron chi connectivity index (χ1n) is 10.5. The third-order valence-corrected chi connectivity index (χ3v) is 6.06. The van der Waals surface area contributed by atoms with Gasteiger partial charge >= 0.3 is 6.09 Å². The molecule has 1 amide bonds. The number of rotatable bonds is 6. The molecule has 33 heavy (non-hydrogen) atoms. The van der Waals surface area contributed by atoms with E-state index in [-0.39, 0.29) is 24.2 Å². The predicted molar refractivity (Wildman–Crippen MR) is 122 cm³/mol. The number of carbonyl (C=O) groups excluding carboxylic acids is 1. The molecule has 2 atom stereocenters. The van der Waals surface area contributed by atoms with Crippen LogP contribution in [0.2, 0.25) is 5.15 Å². The number of ether oxygens (including phenoxy) is 1. The minimum absolute atomic E-state index is 0.0618. The van der Waals surface area contributed by atoms with Gasteiger partial charge in [-0.2, -0.15) is 5.10 Å². The summed E-state index contributed by atoms with van der Waals surface area (Å²) in [6, 6.07) is 17.7. The second-order valence-electron chi connectivity index (χ2n) is 7.84. The Morgan fingerprint density at radius 1 is 1.09 bits per heavy atom. The number of nitrogens with zero attached hydrogens (tertiary/aromatic N) is 3. The number of amides is 1. The number of hydrogen-bond acceptors (Lipinski definition) is 6. The van der Waals surface area contributed by atoms with Gasteiger partial charge in [0.2, 0.25) is 0 Å². The van der Waals surface area contributed by atoms with Crippen LogP contribution in [-0.4, -0.2) is 50.2 Å². The van der Waals surface area contributed by atoms with Gasteiger partial charge in [-0.05, 0) is 28.3 Å². The topological polar surface area (TPSA) is 109 Å². The molecule has 0 radical (unpaired) electrons. The predicted octanol–water partition coefficient (Wildman–Crippen LogP) is 3.32. The van der Waals surface area contributed by atoms with E-state index in [0.717, 1.165) is 22.3 Å². The van der Waals surface area contributed by atoms with Gasteiger partial charge in [-0.1, -0.05) is 60.1 Å². The van der Waals surface area contributed by atoms with Gasteiger partial charge in [-0.3, -0.25) is 0 Å². The first-order chi connectivity index (χ1) is 16.0. The Morgan fingerprint density at radius 3 is 2.45 bits per heavy atom. The smallest absolute Gasteiger partial charge is 0.407 e. The molecule has 2 heterocycles. The third-order valence-electron chi connectivity index (χ3n) is 5.84. The fourth-order valence-corrected chi connectivity index (χ4v) is 4.37. The zero-order chi connectivity index (χ0) is 22.9. The summed E-state index contributed by atoms with van der Waals surface area (Å²) in [4.78, 5) is 16.4. The molecule has 0 saturated carbocycles. The van der Waals surface area contributed by atoms with Gasteiger partial charge in [0, 0.05) is 24.2 Å². The number of halogens is 1. The molecule has 4 aromatic rings. The highest BCUT2D eigenvalue weighted by Gasteiger charge is 2.29. The molecule has 0 bridgehead atoms. The minimum Gasteiger partial charge on any atom is -0.449 e. The van der Waals surface area contributed by atoms with E-state index in [1.165, 1.54) is 10.7 Å². The van der Waals surface area contributed by atoms with Gasteiger partial charge in [0.05, 0.1) is 6.20 Å². The lowest BCUT2D eigenvalue weighted by Gasteiger charge is -2.18. The van der Waals surface area contributed by atoms with Crippen LogP contribution in [0, 0.1) is 0 Å². The van der Waals surface area contributed by atoms with E-state index in [2.05, 4.69) is 27.5 Å². The Kier molecular flexibility index (Phi) is 5.72. The molecule has 1 aliphatic carbocycles. The molecule has 8 nitrogen and oxygen atoms in total. The number of benzene rings is 2. The summed E-state index contributed by atoms with van der Waals surface area (Å²) >= 11 is 5.92. The second kappa shape index (κ2) is 8.82. The lowest BCUT2D eigenvalue weighted by molar-refractivity contribution is 0.0192. The van der Waals surface area contributed by atoms with E-state index >= 15 is 0 Å². The summed E-state index contributed by atoms with van der Waals surface area (Å²) in [5.74, 6) is -0.0618. The van der Waals surface area contributed by atoms with Gasteiger partial charge in [0.15, 0.2) is 5.65 Å². The number of hydrogen-bond donors (Lipinski definition) is 3. The van der Waals surface area contributed by atoms with Crippen LogP contribution < -0.4 is 5.32 Å². The van der Waals surface area contributed by atoms with Crippen molar-refractivity contribution in [1.29, 1.82) is 0 Å². The highest BCUT2D eigenvalue weighted by molar-refractivity contribution is 6.29. The van der Waals surface area contributed by atoms with E-state index in [1.807, 2.05) is 36.4 Å². The lowest BCUT2D eigenvalue weighted by Crippen LogP contribution is -2.36. The molecule has 0 aliphatic heterocycles. The number of aromatic nitrogens is 3. The van der Waals surface area contributed by atoms with Crippen molar-refractivity contribution in [3.8, 4) is 11.1 Å². The Labute approximate surface area is 194 Å². The number of nitrogens with one attached hydrogen (secondary N) is 1. The minimum atomic E-state index is -1.32. The van der Waals surface area contributed by atoms with Crippen molar-refractivity contribution in [3.05, 3.63) is 88.8 Å². The molecule has 1 aliphatic rings. The van der Waals surface area contributed by atoms with Crippen LogP contribution >= 0.6 is 11.6 Å². The van der Waals surface area contributed by atoms with Gasteiger partial charge in [-0.25, -0.2) is 14.3 Å². The molecule has 3 N–H and O–H groups in total. The first kappa shape index (κ1) is 21.4. The maximum Gasteiger partial charge on any atom is 0.407 e. The van der Waals surface area contributed by atoms with E-state index in [4.69, 9.17) is 16.3 Å². The van der Waals surface area contributed by atoms with Gasteiger partial charge < -0.3 is 20.3 Å². The molecule has 2 aromatic carbocycles. The summed E-state index contributed by atoms with van der Waals surface area (Å²) in [6.07, 6.45) is -0.284. The van der Waals surface area contributed by atoms with Crippen molar-refractivity contribution in [2.45, 2.75) is 18.1 Å². The van der Waals surface area contributed by atoms with Crippen molar-refractivity contribution < 1.29 is 19.7 Å². The zero-order valence-corrected chi connectivity index (χ0v) is 18.2. The van der Waals surface area contributed by atoms with E-state index in [9.17, 15) is 15.0 Å². The van der Waals surface area contributed by atoms with Crippen molar-refractivity contribution in [3.63, 3.8) is 0 Å². The maximum atomic E-state index is 12.3. The Bertz CT molecular complexity index is 1280. The van der Waals surface area contributed by atoms with E-state index < -0.39 is 18.3 Å². The molecule has 0 saturated heterocycles. The van der Waals surface area contributed by atoms with Gasteiger partial charge in [0.1, 0.15) is 24.0 Å². The highest BCUT2D eigenvalue weighted by atomic mass is 35.5. The normalized spacial score (nSPS) is 14.5. The molecule has 0 fully saturated rings. The van der Waals surface area contributed by atoms with E-state index in [1.54, 1.807) is 12.3 Å². The van der Waals surface area contributed by atoms with Crippen molar-refractivity contribution in [1.82, 2.24) is 19.9 Å². The number of aliphatic hydroxyl groups excluding tert-OH is 2. The maximum absolute atomic E-state index is 12.3. The molecule has 9 heteroatoms. The zero-order valence-electron chi connectivity index (χ0n) is 17.4. The van der Waals surface area contributed by atoms with Crippen LogP contribution in [0.4, 0.5) is 4.79 Å². The standard InChI is InChI=1S/C24H21ClN4O4/c25-21-9-10-29-23(28-21)18(11-27-29)22(31)20(30)12-26-24(32)33-13-19-16-7-3-1-5-14(16)15-6-2-4-8-17(15)19/h1-11,19-20,22,30-31H,12-13H2,(H,26,32). The second-order valence-corrected chi connectivity index (χ2v) is 8.22. The summed E-state index contributed by atoms with van der Waals surface area (Å²) in [7, 11) is 0. The van der Waals surface area contributed by atoms with Crippen molar-refractivity contribution in [2.24, 2.45) is 0 Å². The van der Waals surface area contributed by atoms with Crippen molar-refractivity contribution in [2.75, 3.05) is 13.2 Å². The third kappa shape index (κ3) is 4.04. The summed E-state index contributed by atoms with van der Waals surface area (Å²) < 4.78 is 6.90. The average Bonchev–Trinajstić information content (AvgIpc) is 3.39. The Balaban J connectivity index is 1.20. The fraction of sp³-hybridized carbons (Fsp3) is 0.208. The molecule has 2 unspecified atom stereocenters. The van der Waals surface area contributed by atoms with Crippen LogP contribution in [0.5, 0.6) is 0 Å². The summed E-state index contributed by atoms with van der Waals surface area (Å²) in [6.45, 7) is -0.0509. The van der Waals surface area contributed by atoms with E-state index in [0.29, 0.717) is 11.2 Å². The van der Waals surface area contributed by atoms with Gasteiger partial charge in [-0.15, -0.1) is 0 Å². The van der Waals surface area contributed by atoms with Crippen LogP contribution in [0.15, 0.2) is 67.0 Å². The number of carbonyl (C=O) groups is 1. The molecular weight excluding hydrogens is 444 g/mol. The molecule has 168 valence electrons. The largest absolute Gasteiger partial charge is 0.449 e. The van der Waals surface area contributed by atoms with Crippen LogP contribution in [0.3, 0.4) is 0 Å². The van der Waals surface area contributed by atoms with Crippen molar-refractivity contribution >= 4 is 23.3 Å². The quantitative estimate of drug-likeness (QED) is 0.378. The molecule has 0 spiro atoms. The SMILES string of the molecule is O=C(NCC(O)C(O)c1cnn2ccc(Cl)nc12)OCC1c2ccccc2-c2ccccc21. The monoisotopic (exact) mass is 464 g/mol. The van der Waals surface area contributed by atoms with Crippen LogP contribution in [-0.2, 0) is 4.74 Å². The number of fused-ring (bicyclic) bond motifs is 4. The summed E-state index contributed by atoms with van der Waals surface area (Å²) in [5, 5.41) is 27.7. The fourth-order valence-electron chi connectivity index (χ4n) is 4.23. The molecular formula is C24H21ClN4O4. The van der Waals surface area contributed by atoms with Crippen LogP contribution in [0.1, 0.15) is 28.7 Å². The first-order valence-corrected chi connectivity index (χ1v) is 10.9. The van der Waals surface area contributed by atoms with Gasteiger partial charge in [0.25, 0.3) is 0 Å². The Hall–Kier alpha value is -3.46. The number of alkyl carbamates (subject to hydrolysis) is 1. The lowest BCUT2D eigenvalue weighted by atomic mass is 9.98. The highest BCUT2D eigenvalue weighted by Crippen LogP contribution is 2.44. The number of aliphatic hydroxyl groups is 2. The summed E-state index contributed by atoms with van der Waals surface area (Å²) in [5.41, 5.74) is 5.14.